The third-order valence-electron chi connectivity index (χ3n) is 3.54. The third-order valence-corrected chi connectivity index (χ3v) is 4.01. The van der Waals surface area contributed by atoms with Crippen molar-refractivity contribution in [3.63, 3.8) is 0 Å². The topological polar surface area (TPSA) is 42.4 Å². The van der Waals surface area contributed by atoms with Crippen molar-refractivity contribution in [3.05, 3.63) is 22.8 Å². The summed E-state index contributed by atoms with van der Waals surface area (Å²) in [5.41, 5.74) is 0. The minimum Gasteiger partial charge on any atom is -0.381 e. The minimum absolute atomic E-state index is 0.126. The highest BCUT2D eigenvalue weighted by Crippen LogP contribution is 2.21. The van der Waals surface area contributed by atoms with Gasteiger partial charge in [-0.25, -0.2) is 4.98 Å². The summed E-state index contributed by atoms with van der Waals surface area (Å²) in [6.07, 6.45) is 5.39. The fraction of sp³-hybridized carbons (Fsp3) is 0.571. The van der Waals surface area contributed by atoms with Gasteiger partial charge in [0.25, 0.3) is 0 Å². The second kappa shape index (κ2) is 7.01. The number of hydrogen-bond donors (Lipinski definition) is 0. The van der Waals surface area contributed by atoms with Crippen LogP contribution in [0.2, 0.25) is 0 Å². The lowest BCUT2D eigenvalue weighted by atomic mass is 9.95. The van der Waals surface area contributed by atoms with Crippen molar-refractivity contribution in [3.8, 4) is 0 Å². The summed E-state index contributed by atoms with van der Waals surface area (Å²) in [6.45, 7) is 1.67. The Labute approximate surface area is 122 Å². The number of halogens is 1. The van der Waals surface area contributed by atoms with E-state index in [9.17, 15) is 4.79 Å². The van der Waals surface area contributed by atoms with Crippen molar-refractivity contribution in [2.45, 2.75) is 25.7 Å². The molecule has 1 aliphatic rings. The first-order chi connectivity index (χ1) is 9.16. The number of anilines is 1. The number of pyridine rings is 1. The fourth-order valence-corrected chi connectivity index (χ4v) is 2.46. The van der Waals surface area contributed by atoms with E-state index in [0.717, 1.165) is 36.9 Å². The molecule has 0 aromatic carbocycles. The fourth-order valence-electron chi connectivity index (χ4n) is 2.22. The second-order valence-electron chi connectivity index (χ2n) is 4.88. The summed E-state index contributed by atoms with van der Waals surface area (Å²) in [5.74, 6) is 1.45. The molecular weight excluding hydrogens is 308 g/mol. The van der Waals surface area contributed by atoms with Gasteiger partial charge in [0.2, 0.25) is 5.91 Å². The van der Waals surface area contributed by atoms with Crippen molar-refractivity contribution in [1.82, 2.24) is 4.98 Å². The molecule has 1 aromatic rings. The van der Waals surface area contributed by atoms with Gasteiger partial charge < -0.3 is 4.74 Å². The quantitative estimate of drug-likeness (QED) is 0.854. The van der Waals surface area contributed by atoms with Crippen LogP contribution in [-0.2, 0) is 9.53 Å². The Bertz CT molecular complexity index is 416. The minimum atomic E-state index is 0.126. The number of carbonyl (C=O) groups is 1. The molecule has 1 aliphatic heterocycles. The van der Waals surface area contributed by atoms with Crippen LogP contribution in [0.1, 0.15) is 25.7 Å². The van der Waals surface area contributed by atoms with E-state index in [1.807, 2.05) is 12.1 Å². The van der Waals surface area contributed by atoms with E-state index in [1.165, 1.54) is 0 Å². The summed E-state index contributed by atoms with van der Waals surface area (Å²) < 4.78 is 6.24. The van der Waals surface area contributed by atoms with Crippen LogP contribution < -0.4 is 4.90 Å². The molecule has 0 N–H and O–H groups in total. The zero-order chi connectivity index (χ0) is 13.7. The Kier molecular flexibility index (Phi) is 5.34. The van der Waals surface area contributed by atoms with Gasteiger partial charge in [-0.15, -0.1) is 0 Å². The van der Waals surface area contributed by atoms with Crippen LogP contribution in [-0.4, -0.2) is 31.2 Å². The second-order valence-corrected chi connectivity index (χ2v) is 5.80. The largest absolute Gasteiger partial charge is 0.381 e. The molecule has 2 rings (SSSR count). The first kappa shape index (κ1) is 14.5. The molecule has 0 aliphatic carbocycles. The number of aromatic nitrogens is 1. The van der Waals surface area contributed by atoms with E-state index in [0.29, 0.717) is 18.2 Å². The molecule has 5 heteroatoms. The Morgan fingerprint density at radius 1 is 1.47 bits per heavy atom. The number of amides is 1. The van der Waals surface area contributed by atoms with Gasteiger partial charge in [0.15, 0.2) is 0 Å². The molecule has 2 heterocycles. The molecular formula is C14H19BrN2O2. The van der Waals surface area contributed by atoms with Crippen LogP contribution in [0.25, 0.3) is 0 Å². The predicted octanol–water partition coefficient (Wildman–Crippen LogP) is 3.01. The summed E-state index contributed by atoms with van der Waals surface area (Å²) in [7, 11) is 1.78. The van der Waals surface area contributed by atoms with E-state index in [2.05, 4.69) is 20.9 Å². The molecule has 19 heavy (non-hydrogen) atoms. The molecule has 4 nitrogen and oxygen atoms in total. The zero-order valence-electron chi connectivity index (χ0n) is 11.1. The lowest BCUT2D eigenvalue weighted by molar-refractivity contribution is -0.118. The highest BCUT2D eigenvalue weighted by Gasteiger charge is 2.17. The number of carbonyl (C=O) groups excluding carboxylic acids is 1. The molecule has 0 saturated carbocycles. The maximum atomic E-state index is 12.1. The van der Waals surface area contributed by atoms with Gasteiger partial charge in [0, 0.05) is 37.4 Å². The van der Waals surface area contributed by atoms with Gasteiger partial charge in [-0.2, -0.15) is 0 Å². The molecule has 0 radical (unpaired) electrons. The normalized spacial score (nSPS) is 16.3. The summed E-state index contributed by atoms with van der Waals surface area (Å²) in [5, 5.41) is 0. The van der Waals surface area contributed by atoms with Crippen molar-refractivity contribution >= 4 is 27.7 Å². The Balaban J connectivity index is 1.83. The standard InChI is InChI=1S/C14H19BrN2O2/c1-17(13-4-3-12(15)10-16-13)14(18)5-2-11-6-8-19-9-7-11/h3-4,10-11H,2,5-9H2,1H3. The molecule has 0 bridgehead atoms. The van der Waals surface area contributed by atoms with Crippen LogP contribution in [0.4, 0.5) is 5.82 Å². The van der Waals surface area contributed by atoms with Crippen LogP contribution in [0.5, 0.6) is 0 Å². The average molecular weight is 327 g/mol. The van der Waals surface area contributed by atoms with Gasteiger partial charge in [-0.05, 0) is 53.2 Å². The third kappa shape index (κ3) is 4.28. The number of ether oxygens (including phenoxy) is 1. The average Bonchev–Trinajstić information content (AvgIpc) is 2.46. The van der Waals surface area contributed by atoms with Gasteiger partial charge in [0.05, 0.1) is 0 Å². The number of hydrogen-bond acceptors (Lipinski definition) is 3. The van der Waals surface area contributed by atoms with E-state index >= 15 is 0 Å². The molecule has 104 valence electrons. The van der Waals surface area contributed by atoms with Crippen molar-refractivity contribution < 1.29 is 9.53 Å². The molecule has 1 saturated heterocycles. The molecule has 1 fully saturated rings. The molecule has 0 spiro atoms. The summed E-state index contributed by atoms with van der Waals surface area (Å²) in [6, 6.07) is 3.74. The smallest absolute Gasteiger partial charge is 0.227 e. The Morgan fingerprint density at radius 3 is 2.84 bits per heavy atom. The van der Waals surface area contributed by atoms with Crippen LogP contribution in [0, 0.1) is 5.92 Å². The lowest BCUT2D eigenvalue weighted by Crippen LogP contribution is -2.28. The highest BCUT2D eigenvalue weighted by molar-refractivity contribution is 9.10. The van der Waals surface area contributed by atoms with Crippen LogP contribution >= 0.6 is 15.9 Å². The number of nitrogens with zero attached hydrogens (tertiary/aromatic N) is 2. The first-order valence-corrected chi connectivity index (χ1v) is 7.42. The first-order valence-electron chi connectivity index (χ1n) is 6.62. The van der Waals surface area contributed by atoms with Gasteiger partial charge >= 0.3 is 0 Å². The SMILES string of the molecule is CN(C(=O)CCC1CCOCC1)c1ccc(Br)cn1. The summed E-state index contributed by atoms with van der Waals surface area (Å²) >= 11 is 3.34. The Morgan fingerprint density at radius 2 is 2.21 bits per heavy atom. The van der Waals surface area contributed by atoms with E-state index in [1.54, 1.807) is 18.1 Å². The van der Waals surface area contributed by atoms with Crippen LogP contribution in [0.3, 0.4) is 0 Å². The van der Waals surface area contributed by atoms with Gasteiger partial charge in [0.1, 0.15) is 5.82 Å². The molecule has 0 atom stereocenters. The van der Waals surface area contributed by atoms with Gasteiger partial charge in [-0.3, -0.25) is 9.69 Å². The lowest BCUT2D eigenvalue weighted by Gasteiger charge is -2.23. The number of rotatable bonds is 4. The van der Waals surface area contributed by atoms with Crippen molar-refractivity contribution in [2.24, 2.45) is 5.92 Å². The van der Waals surface area contributed by atoms with Gasteiger partial charge in [-0.1, -0.05) is 0 Å². The van der Waals surface area contributed by atoms with Crippen LogP contribution in [0.15, 0.2) is 22.8 Å². The maximum absolute atomic E-state index is 12.1. The molecule has 1 aromatic heterocycles. The zero-order valence-corrected chi connectivity index (χ0v) is 12.7. The van der Waals surface area contributed by atoms with E-state index < -0.39 is 0 Å². The molecule has 1 amide bonds. The summed E-state index contributed by atoms with van der Waals surface area (Å²) in [4.78, 5) is 18.0. The monoisotopic (exact) mass is 326 g/mol. The Hall–Kier alpha value is -0.940. The maximum Gasteiger partial charge on any atom is 0.227 e. The molecule has 0 unspecified atom stereocenters. The van der Waals surface area contributed by atoms with Crippen molar-refractivity contribution in [2.75, 3.05) is 25.2 Å². The highest BCUT2D eigenvalue weighted by atomic mass is 79.9. The van der Waals surface area contributed by atoms with E-state index in [-0.39, 0.29) is 5.91 Å². The predicted molar refractivity (Wildman–Crippen MR) is 78.1 cm³/mol. The van der Waals surface area contributed by atoms with Crippen molar-refractivity contribution in [1.29, 1.82) is 0 Å². The van der Waals surface area contributed by atoms with E-state index in [4.69, 9.17) is 4.74 Å².